The number of furan rings is 1. The minimum absolute atomic E-state index is 0.0904. The van der Waals surface area contributed by atoms with Crippen molar-refractivity contribution in [2.24, 2.45) is 0 Å². The third-order valence-electron chi connectivity index (χ3n) is 3.29. The minimum Gasteiger partial charge on any atom is -0.497 e. The molecule has 0 radical (unpaired) electrons. The molecule has 3 aromatic rings. The highest BCUT2D eigenvalue weighted by atomic mass is 32.1. The summed E-state index contributed by atoms with van der Waals surface area (Å²) in [6.07, 6.45) is 2.97. The van der Waals surface area contributed by atoms with Crippen molar-refractivity contribution in [2.45, 2.75) is 6.54 Å². The highest BCUT2D eigenvalue weighted by Crippen LogP contribution is 2.24. The summed E-state index contributed by atoms with van der Waals surface area (Å²) in [7, 11) is 1.62. The van der Waals surface area contributed by atoms with Crippen LogP contribution in [0.1, 0.15) is 15.2 Å². The minimum atomic E-state index is -0.0904. The van der Waals surface area contributed by atoms with E-state index in [9.17, 15) is 4.79 Å². The Morgan fingerprint density at radius 2 is 2.05 bits per heavy atom. The fraction of sp³-hybridized carbons (Fsp3) is 0.118. The molecule has 0 aliphatic rings. The van der Waals surface area contributed by atoms with Gasteiger partial charge >= 0.3 is 0 Å². The first-order chi connectivity index (χ1) is 10.8. The molecule has 5 heteroatoms. The summed E-state index contributed by atoms with van der Waals surface area (Å²) in [6.45, 7) is 0.522. The molecule has 1 amide bonds. The van der Waals surface area contributed by atoms with Crippen molar-refractivity contribution in [3.63, 3.8) is 0 Å². The van der Waals surface area contributed by atoms with Gasteiger partial charge in [0.1, 0.15) is 12.0 Å². The molecule has 2 aromatic heterocycles. The van der Waals surface area contributed by atoms with E-state index < -0.39 is 0 Å². The van der Waals surface area contributed by atoms with Gasteiger partial charge in [-0.05, 0) is 41.8 Å². The monoisotopic (exact) mass is 313 g/mol. The van der Waals surface area contributed by atoms with E-state index in [2.05, 4.69) is 0 Å². The maximum atomic E-state index is 12.7. The summed E-state index contributed by atoms with van der Waals surface area (Å²) in [6, 6.07) is 13.1. The number of ether oxygens (including phenoxy) is 1. The maximum absolute atomic E-state index is 12.7. The lowest BCUT2D eigenvalue weighted by molar-refractivity contribution is 0.0984. The van der Waals surface area contributed by atoms with Crippen molar-refractivity contribution in [1.82, 2.24) is 0 Å². The zero-order valence-electron chi connectivity index (χ0n) is 12.1. The Kier molecular flexibility index (Phi) is 4.25. The Morgan fingerprint density at radius 3 is 2.64 bits per heavy atom. The molecule has 0 spiro atoms. The van der Waals surface area contributed by atoms with E-state index in [1.807, 2.05) is 41.8 Å². The number of nitrogens with zero attached hydrogens (tertiary/aromatic N) is 1. The molecule has 0 fully saturated rings. The largest absolute Gasteiger partial charge is 0.497 e. The molecule has 0 aliphatic carbocycles. The zero-order valence-corrected chi connectivity index (χ0v) is 12.9. The van der Waals surface area contributed by atoms with Crippen LogP contribution in [0, 0.1) is 0 Å². The van der Waals surface area contributed by atoms with E-state index in [4.69, 9.17) is 9.15 Å². The van der Waals surface area contributed by atoms with Gasteiger partial charge in [-0.3, -0.25) is 4.79 Å². The summed E-state index contributed by atoms with van der Waals surface area (Å²) in [4.78, 5) is 15.6. The molecule has 22 heavy (non-hydrogen) atoms. The van der Waals surface area contributed by atoms with E-state index in [-0.39, 0.29) is 5.91 Å². The smallest absolute Gasteiger partial charge is 0.261 e. The number of benzene rings is 1. The van der Waals surface area contributed by atoms with Crippen LogP contribution in [0.15, 0.2) is 64.8 Å². The molecule has 0 unspecified atom stereocenters. The van der Waals surface area contributed by atoms with E-state index in [1.54, 1.807) is 29.4 Å². The predicted molar refractivity (Wildman–Crippen MR) is 86.5 cm³/mol. The van der Waals surface area contributed by atoms with Gasteiger partial charge in [0.15, 0.2) is 0 Å². The van der Waals surface area contributed by atoms with Crippen LogP contribution in [-0.4, -0.2) is 13.0 Å². The van der Waals surface area contributed by atoms with Gasteiger partial charge in [0, 0.05) is 10.6 Å². The van der Waals surface area contributed by atoms with Gasteiger partial charge in [-0.1, -0.05) is 6.07 Å². The van der Waals surface area contributed by atoms with E-state index in [0.717, 1.165) is 16.3 Å². The SMILES string of the molecule is COc1ccc(N(Cc2cccs2)C(=O)c2ccoc2)cc1. The summed E-state index contributed by atoms with van der Waals surface area (Å²) in [5, 5.41) is 2.00. The lowest BCUT2D eigenvalue weighted by Crippen LogP contribution is -2.29. The van der Waals surface area contributed by atoms with E-state index >= 15 is 0 Å². The number of carbonyl (C=O) groups excluding carboxylic acids is 1. The molecule has 3 rings (SSSR count). The van der Waals surface area contributed by atoms with Gasteiger partial charge in [0.25, 0.3) is 5.91 Å². The van der Waals surface area contributed by atoms with Crippen LogP contribution < -0.4 is 9.64 Å². The number of thiophene rings is 1. The number of methoxy groups -OCH3 is 1. The van der Waals surface area contributed by atoms with Crippen LogP contribution >= 0.6 is 11.3 Å². The molecule has 2 heterocycles. The van der Waals surface area contributed by atoms with Crippen LogP contribution in [0.3, 0.4) is 0 Å². The summed E-state index contributed by atoms with van der Waals surface area (Å²) < 4.78 is 10.2. The van der Waals surface area contributed by atoms with Crippen molar-refractivity contribution < 1.29 is 13.9 Å². The van der Waals surface area contributed by atoms with Gasteiger partial charge in [0.2, 0.25) is 0 Å². The van der Waals surface area contributed by atoms with Crippen LogP contribution in [0.4, 0.5) is 5.69 Å². The second-order valence-corrected chi connectivity index (χ2v) is 5.71. The summed E-state index contributed by atoms with van der Waals surface area (Å²) >= 11 is 1.63. The highest BCUT2D eigenvalue weighted by Gasteiger charge is 2.19. The molecule has 0 atom stereocenters. The van der Waals surface area contributed by atoms with Crippen molar-refractivity contribution >= 4 is 22.9 Å². The molecule has 0 aliphatic heterocycles. The Balaban J connectivity index is 1.92. The Labute approximate surface area is 132 Å². The molecule has 0 bridgehead atoms. The van der Waals surface area contributed by atoms with E-state index in [1.165, 1.54) is 12.5 Å². The topological polar surface area (TPSA) is 42.7 Å². The van der Waals surface area contributed by atoms with Crippen molar-refractivity contribution in [2.75, 3.05) is 12.0 Å². The van der Waals surface area contributed by atoms with Gasteiger partial charge in [-0.2, -0.15) is 0 Å². The molecule has 4 nitrogen and oxygen atoms in total. The van der Waals surface area contributed by atoms with Gasteiger partial charge < -0.3 is 14.1 Å². The summed E-state index contributed by atoms with van der Waals surface area (Å²) in [5.41, 5.74) is 1.35. The molecular formula is C17H15NO3S. The van der Waals surface area contributed by atoms with Crippen molar-refractivity contribution in [1.29, 1.82) is 0 Å². The first-order valence-corrected chi connectivity index (χ1v) is 7.66. The number of hydrogen-bond acceptors (Lipinski definition) is 4. The van der Waals surface area contributed by atoms with Crippen LogP contribution in [0.5, 0.6) is 5.75 Å². The maximum Gasteiger partial charge on any atom is 0.261 e. The third kappa shape index (κ3) is 3.04. The van der Waals surface area contributed by atoms with Crippen LogP contribution in [0.2, 0.25) is 0 Å². The average Bonchev–Trinajstić information content (AvgIpc) is 3.25. The quantitative estimate of drug-likeness (QED) is 0.709. The van der Waals surface area contributed by atoms with Crippen LogP contribution in [-0.2, 0) is 6.54 Å². The predicted octanol–water partition coefficient (Wildman–Crippen LogP) is 4.20. The summed E-state index contributed by atoms with van der Waals surface area (Å²) in [5.74, 6) is 0.669. The first kappa shape index (κ1) is 14.4. The molecule has 0 N–H and O–H groups in total. The second kappa shape index (κ2) is 6.49. The van der Waals surface area contributed by atoms with Gasteiger partial charge in [-0.15, -0.1) is 11.3 Å². The fourth-order valence-corrected chi connectivity index (χ4v) is 2.84. The van der Waals surface area contributed by atoms with Crippen molar-refractivity contribution in [3.05, 3.63) is 70.8 Å². The molecule has 0 saturated carbocycles. The van der Waals surface area contributed by atoms with Crippen LogP contribution in [0.25, 0.3) is 0 Å². The van der Waals surface area contributed by atoms with Crippen molar-refractivity contribution in [3.8, 4) is 5.75 Å². The molecule has 112 valence electrons. The Bertz CT molecular complexity index is 718. The first-order valence-electron chi connectivity index (χ1n) is 6.78. The number of anilines is 1. The Morgan fingerprint density at radius 1 is 1.23 bits per heavy atom. The standard InChI is InChI=1S/C17H15NO3S/c1-20-15-6-4-14(5-7-15)18(11-16-3-2-10-22-16)17(19)13-8-9-21-12-13/h2-10,12H,11H2,1H3. The normalized spacial score (nSPS) is 10.4. The number of rotatable bonds is 5. The Hall–Kier alpha value is -2.53. The average molecular weight is 313 g/mol. The lowest BCUT2D eigenvalue weighted by atomic mass is 10.2. The van der Waals surface area contributed by atoms with Gasteiger partial charge in [0.05, 0.1) is 25.5 Å². The molecule has 1 aromatic carbocycles. The number of amides is 1. The molecule has 0 saturated heterocycles. The molecular weight excluding hydrogens is 298 g/mol. The zero-order chi connectivity index (χ0) is 15.4. The fourth-order valence-electron chi connectivity index (χ4n) is 2.14. The lowest BCUT2D eigenvalue weighted by Gasteiger charge is -2.22. The number of carbonyl (C=O) groups is 1. The van der Waals surface area contributed by atoms with E-state index in [0.29, 0.717) is 12.1 Å². The third-order valence-corrected chi connectivity index (χ3v) is 4.15. The number of hydrogen-bond donors (Lipinski definition) is 0. The highest BCUT2D eigenvalue weighted by molar-refractivity contribution is 7.09. The second-order valence-electron chi connectivity index (χ2n) is 4.68. The van der Waals surface area contributed by atoms with Gasteiger partial charge in [-0.25, -0.2) is 0 Å².